The highest BCUT2D eigenvalue weighted by molar-refractivity contribution is 5.86. The fourth-order valence-corrected chi connectivity index (χ4v) is 4.84. The Bertz CT molecular complexity index is 1060. The van der Waals surface area contributed by atoms with Gasteiger partial charge in [-0.1, -0.05) is 0 Å². The van der Waals surface area contributed by atoms with Gasteiger partial charge in [0.05, 0.1) is 5.92 Å². The molecule has 2 aliphatic rings. The number of fused-ring (bicyclic) bond motifs is 3. The van der Waals surface area contributed by atoms with E-state index < -0.39 is 12.1 Å². The standard InChI is InChI=1S/C24H29NO6/c1-13-20(11-10-18-17-4-3-5-19(17)24(29)31-21(13)18)30-14(2)22(26)25-12-15-6-8-16(9-7-15)23(27)28/h10-11,14-16H,3-9,12H2,1-2H3,(H,25,26)(H,27,28)/t14-,15?,16?/m0/s1. The minimum atomic E-state index is -0.726. The Kier molecular flexibility index (Phi) is 6.03. The highest BCUT2D eigenvalue weighted by Crippen LogP contribution is 2.33. The summed E-state index contributed by atoms with van der Waals surface area (Å²) in [6.07, 6.45) is 4.84. The predicted molar refractivity (Wildman–Crippen MR) is 115 cm³/mol. The van der Waals surface area contributed by atoms with Crippen LogP contribution in [0, 0.1) is 18.8 Å². The highest BCUT2D eigenvalue weighted by atomic mass is 16.5. The first kappa shape index (κ1) is 21.4. The lowest BCUT2D eigenvalue weighted by Gasteiger charge is -2.26. The third-order valence-electron chi connectivity index (χ3n) is 6.77. The van der Waals surface area contributed by atoms with Gasteiger partial charge in [0.25, 0.3) is 5.91 Å². The molecule has 1 saturated carbocycles. The second kappa shape index (κ2) is 8.73. The first-order valence-electron chi connectivity index (χ1n) is 11.1. The van der Waals surface area contributed by atoms with E-state index in [1.165, 1.54) is 0 Å². The molecule has 1 amide bonds. The lowest BCUT2D eigenvalue weighted by Crippen LogP contribution is -2.39. The molecule has 166 valence electrons. The molecule has 1 heterocycles. The summed E-state index contributed by atoms with van der Waals surface area (Å²) in [5.41, 5.74) is 2.83. The van der Waals surface area contributed by atoms with Gasteiger partial charge in [-0.2, -0.15) is 0 Å². The van der Waals surface area contributed by atoms with E-state index in [0.717, 1.165) is 54.2 Å². The summed E-state index contributed by atoms with van der Waals surface area (Å²) >= 11 is 0. The number of carbonyl (C=O) groups excluding carboxylic acids is 1. The topological polar surface area (TPSA) is 106 Å². The second-order valence-corrected chi connectivity index (χ2v) is 8.83. The Morgan fingerprint density at radius 1 is 1.19 bits per heavy atom. The summed E-state index contributed by atoms with van der Waals surface area (Å²) in [5, 5.41) is 13.0. The van der Waals surface area contributed by atoms with Crippen LogP contribution in [-0.2, 0) is 22.4 Å². The summed E-state index contributed by atoms with van der Waals surface area (Å²) in [7, 11) is 0. The van der Waals surface area contributed by atoms with Gasteiger partial charge >= 0.3 is 11.6 Å². The number of hydrogen-bond donors (Lipinski definition) is 2. The van der Waals surface area contributed by atoms with Gasteiger partial charge in [0.1, 0.15) is 11.3 Å². The molecule has 4 rings (SSSR count). The number of amides is 1. The third kappa shape index (κ3) is 4.31. The molecule has 0 spiro atoms. The van der Waals surface area contributed by atoms with Gasteiger partial charge in [0.15, 0.2) is 6.10 Å². The molecule has 2 aromatic rings. The number of carbonyl (C=O) groups is 2. The first-order valence-corrected chi connectivity index (χ1v) is 11.1. The number of ether oxygens (including phenoxy) is 1. The van der Waals surface area contributed by atoms with Gasteiger partial charge in [-0.05, 0) is 82.4 Å². The van der Waals surface area contributed by atoms with Crippen LogP contribution in [0.2, 0.25) is 0 Å². The van der Waals surface area contributed by atoms with Crippen molar-refractivity contribution in [3.63, 3.8) is 0 Å². The number of benzene rings is 1. The summed E-state index contributed by atoms with van der Waals surface area (Å²) in [6.45, 7) is 4.06. The minimum absolute atomic E-state index is 0.213. The van der Waals surface area contributed by atoms with E-state index in [1.54, 1.807) is 6.92 Å². The van der Waals surface area contributed by atoms with E-state index in [4.69, 9.17) is 14.3 Å². The Balaban J connectivity index is 1.39. The van der Waals surface area contributed by atoms with Gasteiger partial charge in [-0.25, -0.2) is 4.79 Å². The van der Waals surface area contributed by atoms with Gasteiger partial charge in [0.2, 0.25) is 0 Å². The summed E-state index contributed by atoms with van der Waals surface area (Å²) in [6, 6.07) is 3.75. The first-order chi connectivity index (χ1) is 14.8. The maximum absolute atomic E-state index is 12.5. The number of aliphatic carboxylic acids is 1. The number of aryl methyl sites for hydroxylation is 2. The third-order valence-corrected chi connectivity index (χ3v) is 6.77. The zero-order valence-electron chi connectivity index (χ0n) is 18.0. The fourth-order valence-electron chi connectivity index (χ4n) is 4.84. The fraction of sp³-hybridized carbons (Fsp3) is 0.542. The van der Waals surface area contributed by atoms with Crippen LogP contribution < -0.4 is 15.7 Å². The molecule has 1 aromatic carbocycles. The predicted octanol–water partition coefficient (Wildman–Crippen LogP) is 3.36. The molecular formula is C24H29NO6. The van der Waals surface area contributed by atoms with Crippen LogP contribution in [0.4, 0.5) is 0 Å². The van der Waals surface area contributed by atoms with Crippen molar-refractivity contribution in [3.8, 4) is 5.75 Å². The molecule has 1 fully saturated rings. The van der Waals surface area contributed by atoms with Gasteiger partial charge in [-0.15, -0.1) is 0 Å². The Hall–Kier alpha value is -2.83. The van der Waals surface area contributed by atoms with Crippen molar-refractivity contribution >= 4 is 22.8 Å². The van der Waals surface area contributed by atoms with Crippen molar-refractivity contribution in [2.45, 2.75) is 64.9 Å². The molecule has 2 N–H and O–H groups in total. The highest BCUT2D eigenvalue weighted by Gasteiger charge is 2.27. The van der Waals surface area contributed by atoms with Crippen LogP contribution in [0.25, 0.3) is 11.0 Å². The molecular weight excluding hydrogens is 398 g/mol. The zero-order valence-corrected chi connectivity index (χ0v) is 18.0. The smallest absolute Gasteiger partial charge is 0.339 e. The number of rotatable bonds is 6. The summed E-state index contributed by atoms with van der Waals surface area (Å²) in [5.74, 6) is -0.374. The van der Waals surface area contributed by atoms with Crippen LogP contribution >= 0.6 is 0 Å². The number of hydrogen-bond acceptors (Lipinski definition) is 5. The van der Waals surface area contributed by atoms with E-state index in [2.05, 4.69) is 5.32 Å². The summed E-state index contributed by atoms with van der Waals surface area (Å²) < 4.78 is 11.5. The van der Waals surface area contributed by atoms with Crippen molar-refractivity contribution in [1.82, 2.24) is 5.32 Å². The molecule has 2 aliphatic carbocycles. The molecule has 0 aliphatic heterocycles. The normalized spacial score (nSPS) is 21.5. The quantitative estimate of drug-likeness (QED) is 0.685. The van der Waals surface area contributed by atoms with Crippen molar-refractivity contribution in [2.75, 3.05) is 6.54 Å². The minimum Gasteiger partial charge on any atom is -0.481 e. The summed E-state index contributed by atoms with van der Waals surface area (Å²) in [4.78, 5) is 35.9. The van der Waals surface area contributed by atoms with Gasteiger partial charge < -0.3 is 19.6 Å². The van der Waals surface area contributed by atoms with Gasteiger partial charge in [-0.3, -0.25) is 9.59 Å². The van der Waals surface area contributed by atoms with Crippen molar-refractivity contribution in [1.29, 1.82) is 0 Å². The molecule has 0 bridgehead atoms. The van der Waals surface area contributed by atoms with Crippen molar-refractivity contribution in [2.24, 2.45) is 11.8 Å². The van der Waals surface area contributed by atoms with E-state index in [0.29, 0.717) is 36.6 Å². The molecule has 7 nitrogen and oxygen atoms in total. The second-order valence-electron chi connectivity index (χ2n) is 8.83. The molecule has 1 atom stereocenters. The van der Waals surface area contributed by atoms with Gasteiger partial charge in [0, 0.05) is 23.1 Å². The van der Waals surface area contributed by atoms with Crippen LogP contribution in [-0.4, -0.2) is 29.6 Å². The number of nitrogens with one attached hydrogen (secondary N) is 1. The lowest BCUT2D eigenvalue weighted by molar-refractivity contribution is -0.143. The molecule has 0 radical (unpaired) electrons. The van der Waals surface area contributed by atoms with Crippen molar-refractivity contribution in [3.05, 3.63) is 39.2 Å². The van der Waals surface area contributed by atoms with E-state index >= 15 is 0 Å². The molecule has 31 heavy (non-hydrogen) atoms. The van der Waals surface area contributed by atoms with Crippen molar-refractivity contribution < 1.29 is 23.8 Å². The average Bonchev–Trinajstić information content (AvgIpc) is 3.25. The number of carboxylic acids is 1. The molecule has 7 heteroatoms. The van der Waals surface area contributed by atoms with E-state index in [9.17, 15) is 14.4 Å². The molecule has 0 unspecified atom stereocenters. The zero-order chi connectivity index (χ0) is 22.1. The van der Waals surface area contributed by atoms with Crippen LogP contribution in [0.5, 0.6) is 5.75 Å². The number of carboxylic acid groups (broad SMARTS) is 1. The van der Waals surface area contributed by atoms with Crippen LogP contribution in [0.15, 0.2) is 21.3 Å². The average molecular weight is 427 g/mol. The van der Waals surface area contributed by atoms with E-state index in [-0.39, 0.29) is 17.5 Å². The largest absolute Gasteiger partial charge is 0.481 e. The molecule has 1 aromatic heterocycles. The Morgan fingerprint density at radius 3 is 2.61 bits per heavy atom. The maximum atomic E-state index is 12.5. The Labute approximate surface area is 180 Å². The van der Waals surface area contributed by atoms with Crippen LogP contribution in [0.3, 0.4) is 0 Å². The SMILES string of the molecule is Cc1c(O[C@@H](C)C(=O)NCC2CCC(C(=O)O)CC2)ccc2c3c(c(=O)oc12)CCC3. The molecule has 0 saturated heterocycles. The van der Waals surface area contributed by atoms with E-state index in [1.807, 2.05) is 19.1 Å². The maximum Gasteiger partial charge on any atom is 0.339 e. The monoisotopic (exact) mass is 427 g/mol. The Morgan fingerprint density at radius 2 is 1.90 bits per heavy atom. The van der Waals surface area contributed by atoms with Crippen LogP contribution in [0.1, 0.15) is 55.7 Å². The lowest BCUT2D eigenvalue weighted by atomic mass is 9.82.